The molecule has 2 heterocycles. The molecule has 0 aliphatic carbocycles. The third-order valence-electron chi connectivity index (χ3n) is 6.40. The number of amides is 1. The highest BCUT2D eigenvalue weighted by molar-refractivity contribution is 6.07. The zero-order chi connectivity index (χ0) is 24.0. The quantitative estimate of drug-likeness (QED) is 0.317. The molecule has 0 aliphatic rings. The molecule has 3 aromatic carbocycles. The molecular weight excluding hydrogens is 425 g/mol. The predicted octanol–water partition coefficient (Wildman–Crippen LogP) is 6.87. The highest BCUT2D eigenvalue weighted by Gasteiger charge is 2.18. The van der Waals surface area contributed by atoms with Crippen molar-refractivity contribution in [1.82, 2.24) is 9.13 Å². The lowest BCUT2D eigenvalue weighted by Gasteiger charge is -2.19. The van der Waals surface area contributed by atoms with Gasteiger partial charge in [0.2, 0.25) is 0 Å². The van der Waals surface area contributed by atoms with Crippen molar-refractivity contribution in [2.24, 2.45) is 7.05 Å². The van der Waals surface area contributed by atoms with E-state index in [0.717, 1.165) is 27.7 Å². The SMILES string of the molecule is Cn1ccc2cc(NC(=O)c3cc4cc(F)ccc4n3Cc3ccc(C(C)(C)C)cc3)ccc21. The Morgan fingerprint density at radius 1 is 0.882 bits per heavy atom. The summed E-state index contributed by atoms with van der Waals surface area (Å²) in [6, 6.07) is 22.8. The summed E-state index contributed by atoms with van der Waals surface area (Å²) in [5.41, 5.74) is 5.54. The molecule has 5 aromatic rings. The van der Waals surface area contributed by atoms with Gasteiger partial charge in [-0.2, -0.15) is 0 Å². The van der Waals surface area contributed by atoms with Crippen molar-refractivity contribution in [2.45, 2.75) is 32.7 Å². The first-order valence-electron chi connectivity index (χ1n) is 11.4. The van der Waals surface area contributed by atoms with Crippen molar-refractivity contribution >= 4 is 33.4 Å². The Morgan fingerprint density at radius 2 is 1.62 bits per heavy atom. The molecule has 34 heavy (non-hydrogen) atoms. The minimum Gasteiger partial charge on any atom is -0.351 e. The van der Waals surface area contributed by atoms with E-state index in [9.17, 15) is 9.18 Å². The monoisotopic (exact) mass is 453 g/mol. The van der Waals surface area contributed by atoms with Gasteiger partial charge in [-0.25, -0.2) is 4.39 Å². The highest BCUT2D eigenvalue weighted by Crippen LogP contribution is 2.26. The minimum atomic E-state index is -0.319. The summed E-state index contributed by atoms with van der Waals surface area (Å²) in [4.78, 5) is 13.4. The molecule has 0 spiro atoms. The van der Waals surface area contributed by atoms with Crippen LogP contribution in [0.3, 0.4) is 0 Å². The van der Waals surface area contributed by atoms with Crippen LogP contribution in [0.25, 0.3) is 21.8 Å². The summed E-state index contributed by atoms with van der Waals surface area (Å²) in [5, 5.41) is 4.79. The van der Waals surface area contributed by atoms with Crippen LogP contribution in [0.5, 0.6) is 0 Å². The molecule has 0 atom stereocenters. The summed E-state index contributed by atoms with van der Waals surface area (Å²) in [6.45, 7) is 7.07. The minimum absolute atomic E-state index is 0.0705. The standard InChI is InChI=1S/C29H28FN3O/c1-29(2,3)22-7-5-19(6-8-22)18-33-26-11-9-23(30)15-21(26)17-27(33)28(34)31-24-10-12-25-20(16-24)13-14-32(25)4/h5-17H,18H2,1-4H3,(H,31,34). The number of hydrogen-bond donors (Lipinski definition) is 1. The van der Waals surface area contributed by atoms with Gasteiger partial charge in [-0.3, -0.25) is 4.79 Å². The number of carbonyl (C=O) groups is 1. The Bertz CT molecular complexity index is 1520. The Labute approximate surface area is 198 Å². The third kappa shape index (κ3) is 4.10. The number of nitrogens with zero attached hydrogens (tertiary/aromatic N) is 2. The highest BCUT2D eigenvalue weighted by atomic mass is 19.1. The van der Waals surface area contributed by atoms with Gasteiger partial charge in [0.05, 0.1) is 0 Å². The van der Waals surface area contributed by atoms with Crippen molar-refractivity contribution in [1.29, 1.82) is 0 Å². The van der Waals surface area contributed by atoms with Gasteiger partial charge in [0, 0.05) is 47.3 Å². The number of anilines is 1. The lowest BCUT2D eigenvalue weighted by molar-refractivity contribution is 0.101. The molecule has 0 unspecified atom stereocenters. The van der Waals surface area contributed by atoms with E-state index in [2.05, 4.69) is 50.4 Å². The number of hydrogen-bond acceptors (Lipinski definition) is 1. The summed E-state index contributed by atoms with van der Waals surface area (Å²) < 4.78 is 17.9. The van der Waals surface area contributed by atoms with Gasteiger partial charge < -0.3 is 14.5 Å². The van der Waals surface area contributed by atoms with Crippen LogP contribution in [0.4, 0.5) is 10.1 Å². The van der Waals surface area contributed by atoms with E-state index >= 15 is 0 Å². The number of fused-ring (bicyclic) bond motifs is 2. The van der Waals surface area contributed by atoms with Crippen LogP contribution >= 0.6 is 0 Å². The summed E-state index contributed by atoms with van der Waals surface area (Å²) in [5.74, 6) is -0.543. The predicted molar refractivity (Wildman–Crippen MR) is 137 cm³/mol. The van der Waals surface area contributed by atoms with E-state index in [0.29, 0.717) is 17.6 Å². The van der Waals surface area contributed by atoms with E-state index in [1.54, 1.807) is 12.1 Å². The maximum atomic E-state index is 13.9. The molecule has 2 aromatic heterocycles. The first kappa shape index (κ1) is 22.0. The average Bonchev–Trinajstić information content (AvgIpc) is 3.33. The molecule has 1 N–H and O–H groups in total. The molecule has 4 nitrogen and oxygen atoms in total. The maximum Gasteiger partial charge on any atom is 0.272 e. The second-order valence-corrected chi connectivity index (χ2v) is 9.92. The lowest BCUT2D eigenvalue weighted by Crippen LogP contribution is -2.17. The molecule has 0 aliphatic heterocycles. The Kier molecular flexibility index (Phi) is 5.28. The number of aromatic nitrogens is 2. The Hall–Kier alpha value is -3.86. The van der Waals surface area contributed by atoms with E-state index in [-0.39, 0.29) is 17.1 Å². The van der Waals surface area contributed by atoms with Crippen LogP contribution in [-0.2, 0) is 19.0 Å². The van der Waals surface area contributed by atoms with E-state index in [1.165, 1.54) is 17.7 Å². The second-order valence-electron chi connectivity index (χ2n) is 9.92. The molecule has 0 saturated heterocycles. The van der Waals surface area contributed by atoms with Crippen LogP contribution < -0.4 is 5.32 Å². The summed E-state index contributed by atoms with van der Waals surface area (Å²) in [6.07, 6.45) is 1.99. The van der Waals surface area contributed by atoms with Crippen LogP contribution in [0, 0.1) is 5.82 Å². The number of rotatable bonds is 4. The first-order chi connectivity index (χ1) is 16.2. The lowest BCUT2D eigenvalue weighted by atomic mass is 9.87. The molecule has 0 fully saturated rings. The second kappa shape index (κ2) is 8.17. The molecule has 5 rings (SSSR count). The van der Waals surface area contributed by atoms with Crippen LogP contribution in [0.2, 0.25) is 0 Å². The summed E-state index contributed by atoms with van der Waals surface area (Å²) in [7, 11) is 1.99. The topological polar surface area (TPSA) is 39.0 Å². The number of nitrogens with one attached hydrogen (secondary N) is 1. The van der Waals surface area contributed by atoms with E-state index < -0.39 is 0 Å². The van der Waals surface area contributed by atoms with Crippen LogP contribution in [0.1, 0.15) is 42.4 Å². The largest absolute Gasteiger partial charge is 0.351 e. The molecule has 0 radical (unpaired) electrons. The van der Waals surface area contributed by atoms with Gasteiger partial charge >= 0.3 is 0 Å². The Balaban J connectivity index is 1.50. The normalized spacial score (nSPS) is 11.9. The van der Waals surface area contributed by atoms with Crippen LogP contribution in [0.15, 0.2) is 79.0 Å². The van der Waals surface area contributed by atoms with Crippen molar-refractivity contribution in [3.63, 3.8) is 0 Å². The number of aryl methyl sites for hydroxylation is 1. The molecule has 0 bridgehead atoms. The smallest absolute Gasteiger partial charge is 0.272 e. The first-order valence-corrected chi connectivity index (χ1v) is 11.4. The zero-order valence-electron chi connectivity index (χ0n) is 19.9. The third-order valence-corrected chi connectivity index (χ3v) is 6.40. The van der Waals surface area contributed by atoms with Gasteiger partial charge in [-0.05, 0) is 65.1 Å². The fourth-order valence-corrected chi connectivity index (χ4v) is 4.45. The van der Waals surface area contributed by atoms with Gasteiger partial charge in [0.15, 0.2) is 0 Å². The molecule has 172 valence electrons. The van der Waals surface area contributed by atoms with Gasteiger partial charge in [0.1, 0.15) is 11.5 Å². The summed E-state index contributed by atoms with van der Waals surface area (Å²) >= 11 is 0. The van der Waals surface area contributed by atoms with Crippen molar-refractivity contribution < 1.29 is 9.18 Å². The van der Waals surface area contributed by atoms with E-state index in [4.69, 9.17) is 0 Å². The fourth-order valence-electron chi connectivity index (χ4n) is 4.45. The molecule has 0 saturated carbocycles. The van der Waals surface area contributed by atoms with Gasteiger partial charge in [-0.1, -0.05) is 45.0 Å². The average molecular weight is 454 g/mol. The fraction of sp³-hybridized carbons (Fsp3) is 0.207. The van der Waals surface area contributed by atoms with Gasteiger partial charge in [0.25, 0.3) is 5.91 Å². The van der Waals surface area contributed by atoms with E-state index in [1.807, 2.05) is 46.6 Å². The van der Waals surface area contributed by atoms with Crippen molar-refractivity contribution in [3.8, 4) is 0 Å². The number of halogens is 1. The molecule has 1 amide bonds. The van der Waals surface area contributed by atoms with Crippen molar-refractivity contribution in [3.05, 3.63) is 102 Å². The van der Waals surface area contributed by atoms with Crippen LogP contribution in [-0.4, -0.2) is 15.0 Å². The van der Waals surface area contributed by atoms with Gasteiger partial charge in [-0.15, -0.1) is 0 Å². The van der Waals surface area contributed by atoms with Crippen molar-refractivity contribution in [2.75, 3.05) is 5.32 Å². The molecule has 5 heteroatoms. The maximum absolute atomic E-state index is 13.9. The zero-order valence-corrected chi connectivity index (χ0v) is 19.9. The number of carbonyl (C=O) groups excluding carboxylic acids is 1. The Morgan fingerprint density at radius 3 is 2.35 bits per heavy atom. The number of benzene rings is 3. The molecular formula is C29H28FN3O.